The van der Waals surface area contributed by atoms with Crippen molar-refractivity contribution in [3.63, 3.8) is 0 Å². The van der Waals surface area contributed by atoms with Crippen LogP contribution in [0.3, 0.4) is 0 Å². The lowest BCUT2D eigenvalue weighted by atomic mass is 9.90. The van der Waals surface area contributed by atoms with Crippen LogP contribution in [0.15, 0.2) is 36.4 Å². The molecule has 1 aliphatic heterocycles. The van der Waals surface area contributed by atoms with Crippen LogP contribution in [0.2, 0.25) is 0 Å². The molecule has 16 heavy (non-hydrogen) atoms. The van der Waals surface area contributed by atoms with Gasteiger partial charge in [-0.2, -0.15) is 0 Å². The molecule has 0 aliphatic carbocycles. The molecule has 2 N–H and O–H groups in total. The molecule has 2 heteroatoms. The van der Waals surface area contributed by atoms with Gasteiger partial charge in [-0.1, -0.05) is 23.8 Å². The van der Waals surface area contributed by atoms with Gasteiger partial charge in [0.15, 0.2) is 0 Å². The van der Waals surface area contributed by atoms with Crippen LogP contribution in [0.5, 0.6) is 5.75 Å². The fourth-order valence-electron chi connectivity index (χ4n) is 2.16. The van der Waals surface area contributed by atoms with Crippen molar-refractivity contribution in [1.82, 2.24) is 0 Å². The molecule has 2 rings (SSSR count). The number of hydrogen-bond donors (Lipinski definition) is 1. The Kier molecular flexibility index (Phi) is 3.30. The van der Waals surface area contributed by atoms with E-state index in [9.17, 15) is 0 Å². The maximum atomic E-state index is 6.22. The van der Waals surface area contributed by atoms with Gasteiger partial charge < -0.3 is 10.5 Å². The van der Waals surface area contributed by atoms with Crippen molar-refractivity contribution in [1.29, 1.82) is 0 Å². The molecule has 1 aromatic rings. The summed E-state index contributed by atoms with van der Waals surface area (Å²) in [5, 5.41) is 0. The molecule has 0 amide bonds. The van der Waals surface area contributed by atoms with Gasteiger partial charge in [0, 0.05) is 17.5 Å². The first kappa shape index (κ1) is 11.2. The number of allylic oxidation sites excluding steroid dienone is 1. The van der Waals surface area contributed by atoms with Crippen LogP contribution in [0.1, 0.15) is 31.2 Å². The highest BCUT2D eigenvalue weighted by molar-refractivity contribution is 5.40. The van der Waals surface area contributed by atoms with E-state index in [4.69, 9.17) is 10.5 Å². The highest BCUT2D eigenvalue weighted by atomic mass is 16.5. The van der Waals surface area contributed by atoms with E-state index < -0.39 is 0 Å². The Labute approximate surface area is 97.1 Å². The summed E-state index contributed by atoms with van der Waals surface area (Å²) in [7, 11) is 0. The maximum Gasteiger partial charge on any atom is 0.122 e. The van der Waals surface area contributed by atoms with Crippen molar-refractivity contribution in [2.45, 2.75) is 31.7 Å². The minimum Gasteiger partial charge on any atom is -0.493 e. The average Bonchev–Trinajstić information content (AvgIpc) is 2.69. The van der Waals surface area contributed by atoms with Crippen LogP contribution in [0, 0.1) is 0 Å². The third-order valence-electron chi connectivity index (χ3n) is 3.16. The molecule has 0 radical (unpaired) electrons. The highest BCUT2D eigenvalue weighted by Gasteiger charge is 2.28. The van der Waals surface area contributed by atoms with Gasteiger partial charge in [0.25, 0.3) is 0 Å². The standard InChI is InChI=1S/C14H19NO/c1-10(2)7-8-13(15)12-9-16-14-6-4-3-5-11(12)14/h3-6,12-13H,1,7-9,15H2,2H3. The van der Waals surface area contributed by atoms with Gasteiger partial charge in [0.1, 0.15) is 5.75 Å². The number of nitrogens with two attached hydrogens (primary N) is 1. The number of hydrogen-bond acceptors (Lipinski definition) is 2. The molecular formula is C14H19NO. The van der Waals surface area contributed by atoms with Crippen LogP contribution in [0.25, 0.3) is 0 Å². The Balaban J connectivity index is 2.04. The molecule has 0 saturated heterocycles. The normalized spacial score (nSPS) is 20.0. The molecular weight excluding hydrogens is 198 g/mol. The average molecular weight is 217 g/mol. The topological polar surface area (TPSA) is 35.2 Å². The van der Waals surface area contributed by atoms with Gasteiger partial charge >= 0.3 is 0 Å². The number of fused-ring (bicyclic) bond motifs is 1. The van der Waals surface area contributed by atoms with Crippen LogP contribution in [-0.2, 0) is 0 Å². The molecule has 1 heterocycles. The summed E-state index contributed by atoms with van der Waals surface area (Å²) in [4.78, 5) is 0. The van der Waals surface area contributed by atoms with Crippen molar-refractivity contribution in [2.75, 3.05) is 6.61 Å². The molecule has 2 nitrogen and oxygen atoms in total. The second kappa shape index (κ2) is 4.71. The lowest BCUT2D eigenvalue weighted by Crippen LogP contribution is -2.29. The molecule has 0 spiro atoms. The third kappa shape index (κ3) is 2.27. The van der Waals surface area contributed by atoms with Gasteiger partial charge in [-0.3, -0.25) is 0 Å². The summed E-state index contributed by atoms with van der Waals surface area (Å²) in [5.74, 6) is 1.34. The largest absolute Gasteiger partial charge is 0.493 e. The van der Waals surface area contributed by atoms with Gasteiger partial charge in [0.05, 0.1) is 6.61 Å². The summed E-state index contributed by atoms with van der Waals surface area (Å²) in [6, 6.07) is 8.35. The Morgan fingerprint density at radius 3 is 3.06 bits per heavy atom. The highest BCUT2D eigenvalue weighted by Crippen LogP contribution is 2.36. The molecule has 0 bridgehead atoms. The van der Waals surface area contributed by atoms with Crippen LogP contribution in [-0.4, -0.2) is 12.6 Å². The SMILES string of the molecule is C=C(C)CCC(N)C1COc2ccccc21. The van der Waals surface area contributed by atoms with Gasteiger partial charge in [-0.15, -0.1) is 6.58 Å². The van der Waals surface area contributed by atoms with Gasteiger partial charge in [-0.25, -0.2) is 0 Å². The molecule has 0 aromatic heterocycles. The molecule has 0 saturated carbocycles. The predicted molar refractivity (Wildman–Crippen MR) is 66.7 cm³/mol. The van der Waals surface area contributed by atoms with Crippen molar-refractivity contribution in [2.24, 2.45) is 5.73 Å². The first-order valence-corrected chi connectivity index (χ1v) is 5.80. The molecule has 0 fully saturated rings. The zero-order valence-corrected chi connectivity index (χ0v) is 9.78. The summed E-state index contributed by atoms with van der Waals surface area (Å²) in [5.41, 5.74) is 8.68. The van der Waals surface area contributed by atoms with Crippen LogP contribution < -0.4 is 10.5 Å². The molecule has 2 unspecified atom stereocenters. The van der Waals surface area contributed by atoms with Crippen LogP contribution >= 0.6 is 0 Å². The fourth-order valence-corrected chi connectivity index (χ4v) is 2.16. The Bertz CT molecular complexity index is 386. The Morgan fingerprint density at radius 1 is 1.56 bits per heavy atom. The lowest BCUT2D eigenvalue weighted by Gasteiger charge is -2.18. The maximum absolute atomic E-state index is 6.22. The zero-order chi connectivity index (χ0) is 11.5. The van der Waals surface area contributed by atoms with E-state index in [-0.39, 0.29) is 6.04 Å². The number of para-hydroxylation sites is 1. The van der Waals surface area contributed by atoms with E-state index in [1.54, 1.807) is 0 Å². The van der Waals surface area contributed by atoms with Gasteiger partial charge in [0.2, 0.25) is 0 Å². The summed E-state index contributed by atoms with van der Waals surface area (Å²) in [6.07, 6.45) is 1.98. The summed E-state index contributed by atoms with van der Waals surface area (Å²) in [6.45, 7) is 6.68. The van der Waals surface area contributed by atoms with E-state index in [1.165, 1.54) is 11.1 Å². The number of benzene rings is 1. The van der Waals surface area contributed by atoms with E-state index in [2.05, 4.69) is 12.6 Å². The fraction of sp³-hybridized carbons (Fsp3) is 0.429. The minimum atomic E-state index is 0.167. The van der Waals surface area contributed by atoms with E-state index in [0.717, 1.165) is 25.2 Å². The minimum absolute atomic E-state index is 0.167. The van der Waals surface area contributed by atoms with Crippen molar-refractivity contribution < 1.29 is 4.74 Å². The number of ether oxygens (including phenoxy) is 1. The summed E-state index contributed by atoms with van der Waals surface area (Å²) < 4.78 is 5.64. The van der Waals surface area contributed by atoms with E-state index in [1.807, 2.05) is 25.1 Å². The molecule has 1 aromatic carbocycles. The van der Waals surface area contributed by atoms with E-state index in [0.29, 0.717) is 5.92 Å². The second-order valence-electron chi connectivity index (χ2n) is 4.61. The summed E-state index contributed by atoms with van der Waals surface area (Å²) >= 11 is 0. The smallest absolute Gasteiger partial charge is 0.122 e. The molecule has 1 aliphatic rings. The predicted octanol–water partition coefficient (Wildman–Crippen LogP) is 2.85. The van der Waals surface area contributed by atoms with Crippen LogP contribution in [0.4, 0.5) is 0 Å². The number of rotatable bonds is 4. The van der Waals surface area contributed by atoms with Crippen molar-refractivity contribution >= 4 is 0 Å². The second-order valence-corrected chi connectivity index (χ2v) is 4.61. The monoisotopic (exact) mass is 217 g/mol. The first-order chi connectivity index (χ1) is 7.68. The van der Waals surface area contributed by atoms with Crippen molar-refractivity contribution in [3.05, 3.63) is 42.0 Å². The lowest BCUT2D eigenvalue weighted by molar-refractivity contribution is 0.310. The third-order valence-corrected chi connectivity index (χ3v) is 3.16. The molecule has 2 atom stereocenters. The quantitative estimate of drug-likeness (QED) is 0.787. The van der Waals surface area contributed by atoms with E-state index >= 15 is 0 Å². The molecule has 86 valence electrons. The Hall–Kier alpha value is -1.28. The first-order valence-electron chi connectivity index (χ1n) is 5.80. The van der Waals surface area contributed by atoms with Gasteiger partial charge in [-0.05, 0) is 25.8 Å². The Morgan fingerprint density at radius 2 is 2.31 bits per heavy atom. The zero-order valence-electron chi connectivity index (χ0n) is 9.78. The van der Waals surface area contributed by atoms with Crippen molar-refractivity contribution in [3.8, 4) is 5.75 Å².